The summed E-state index contributed by atoms with van der Waals surface area (Å²) in [7, 11) is 0. The topological polar surface area (TPSA) is 88.9 Å². The van der Waals surface area contributed by atoms with E-state index in [0.29, 0.717) is 38.8 Å². The molecule has 2 amide bonds. The Morgan fingerprint density at radius 2 is 1.91 bits per heavy atom. The number of amides is 2. The zero-order chi connectivity index (χ0) is 25.5. The van der Waals surface area contributed by atoms with E-state index in [1.807, 2.05) is 25.3 Å². The van der Waals surface area contributed by atoms with Crippen molar-refractivity contribution in [3.8, 4) is 0 Å². The number of rotatable bonds is 10. The van der Waals surface area contributed by atoms with Gasteiger partial charge in [-0.1, -0.05) is 67.0 Å². The molecule has 7 nitrogen and oxygen atoms in total. The van der Waals surface area contributed by atoms with Crippen LogP contribution in [-0.4, -0.2) is 32.3 Å². The number of benzene rings is 2. The second-order valence-corrected chi connectivity index (χ2v) is 10.00. The predicted molar refractivity (Wildman–Crippen MR) is 142 cm³/mol. The van der Waals surface area contributed by atoms with Crippen molar-refractivity contribution in [1.29, 1.82) is 0 Å². The fraction of sp³-hybridized carbons (Fsp3) is 0.280. The maximum absolute atomic E-state index is 12.9. The van der Waals surface area contributed by atoms with Crippen LogP contribution >= 0.6 is 35.0 Å². The third-order valence-corrected chi connectivity index (χ3v) is 6.73. The van der Waals surface area contributed by atoms with Gasteiger partial charge in [-0.3, -0.25) is 9.59 Å². The van der Waals surface area contributed by atoms with Crippen LogP contribution in [0.4, 0.5) is 5.69 Å². The number of allylic oxidation sites excluding steroid dienone is 1. The molecule has 35 heavy (non-hydrogen) atoms. The van der Waals surface area contributed by atoms with Gasteiger partial charge in [0.05, 0.1) is 22.4 Å². The number of hydrogen-bond acceptors (Lipinski definition) is 5. The SMILES string of the molecule is C=CCn1c(SCC(=O)Nc2ccc(Cl)cc2C)nnc1[C@H](NC(=O)c1ccccc1Cl)C(C)C. The fourth-order valence-corrected chi connectivity index (χ4v) is 4.62. The number of hydrogen-bond donors (Lipinski definition) is 2. The second-order valence-electron chi connectivity index (χ2n) is 8.21. The van der Waals surface area contributed by atoms with E-state index < -0.39 is 6.04 Å². The summed E-state index contributed by atoms with van der Waals surface area (Å²) in [4.78, 5) is 25.5. The lowest BCUT2D eigenvalue weighted by molar-refractivity contribution is -0.113. The third-order valence-electron chi connectivity index (χ3n) is 5.20. The molecule has 184 valence electrons. The summed E-state index contributed by atoms with van der Waals surface area (Å²) in [6, 6.07) is 11.7. The van der Waals surface area contributed by atoms with Crippen LogP contribution in [0.1, 0.15) is 41.6 Å². The number of thioether (sulfide) groups is 1. The molecule has 0 aliphatic carbocycles. The summed E-state index contributed by atoms with van der Waals surface area (Å²) in [5.41, 5.74) is 1.97. The molecule has 1 atom stereocenters. The third kappa shape index (κ3) is 6.87. The van der Waals surface area contributed by atoms with E-state index >= 15 is 0 Å². The smallest absolute Gasteiger partial charge is 0.253 e. The average Bonchev–Trinajstić information content (AvgIpc) is 3.20. The standard InChI is InChI=1S/C25H27Cl2N5O2S/c1-5-12-32-23(22(15(2)3)29-24(34)18-8-6-7-9-19(18)27)30-31-25(32)35-14-21(33)28-20-11-10-17(26)13-16(20)4/h5-11,13,15,22H,1,12,14H2,2-4H3,(H,28,33)(H,29,34)/t22-/m1/s1. The number of anilines is 1. The molecule has 0 radical (unpaired) electrons. The van der Waals surface area contributed by atoms with Crippen LogP contribution in [0.2, 0.25) is 10.0 Å². The fourth-order valence-electron chi connectivity index (χ4n) is 3.41. The highest BCUT2D eigenvalue weighted by atomic mass is 35.5. The number of nitrogens with zero attached hydrogens (tertiary/aromatic N) is 3. The summed E-state index contributed by atoms with van der Waals surface area (Å²) >= 11 is 13.5. The molecule has 0 aliphatic rings. The highest BCUT2D eigenvalue weighted by Gasteiger charge is 2.27. The molecule has 0 bridgehead atoms. The molecule has 0 unspecified atom stereocenters. The number of aryl methyl sites for hydroxylation is 1. The Labute approximate surface area is 219 Å². The van der Waals surface area contributed by atoms with Crippen molar-refractivity contribution < 1.29 is 9.59 Å². The second kappa shape index (κ2) is 12.2. The highest BCUT2D eigenvalue weighted by molar-refractivity contribution is 7.99. The molecule has 0 fully saturated rings. The van der Waals surface area contributed by atoms with Crippen molar-refractivity contribution in [3.63, 3.8) is 0 Å². The molecule has 0 aliphatic heterocycles. The molecule has 2 N–H and O–H groups in total. The first-order chi connectivity index (χ1) is 16.7. The van der Waals surface area contributed by atoms with Gasteiger partial charge >= 0.3 is 0 Å². The van der Waals surface area contributed by atoms with Crippen molar-refractivity contribution in [3.05, 3.63) is 82.1 Å². The van der Waals surface area contributed by atoms with Crippen molar-refractivity contribution in [2.45, 2.75) is 38.5 Å². The van der Waals surface area contributed by atoms with E-state index in [2.05, 4.69) is 27.4 Å². The minimum atomic E-state index is -0.425. The Hall–Kier alpha value is -2.81. The number of aromatic nitrogens is 3. The molecule has 2 aromatic carbocycles. The van der Waals surface area contributed by atoms with Gasteiger partial charge < -0.3 is 15.2 Å². The first-order valence-electron chi connectivity index (χ1n) is 11.0. The molecule has 0 saturated carbocycles. The average molecular weight is 532 g/mol. The van der Waals surface area contributed by atoms with Gasteiger partial charge in [0.2, 0.25) is 5.91 Å². The van der Waals surface area contributed by atoms with Crippen molar-refractivity contribution in [2.75, 3.05) is 11.1 Å². The van der Waals surface area contributed by atoms with Crippen molar-refractivity contribution >= 4 is 52.5 Å². The molecule has 0 spiro atoms. The van der Waals surface area contributed by atoms with E-state index in [1.165, 1.54) is 11.8 Å². The summed E-state index contributed by atoms with van der Waals surface area (Å²) in [5, 5.41) is 16.1. The molecule has 3 aromatic rings. The summed E-state index contributed by atoms with van der Waals surface area (Å²) in [5.74, 6) is 0.257. The number of carbonyl (C=O) groups excluding carboxylic acids is 2. The largest absolute Gasteiger partial charge is 0.342 e. The minimum absolute atomic E-state index is 0.0169. The summed E-state index contributed by atoms with van der Waals surface area (Å²) in [6.45, 7) is 10.1. The zero-order valence-electron chi connectivity index (χ0n) is 19.7. The Morgan fingerprint density at radius 3 is 2.57 bits per heavy atom. The number of nitrogens with one attached hydrogen (secondary N) is 2. The molecular formula is C25H27Cl2N5O2S. The number of halogens is 2. The van der Waals surface area contributed by atoms with Crippen LogP contribution in [0, 0.1) is 12.8 Å². The van der Waals surface area contributed by atoms with Gasteiger partial charge in [0.1, 0.15) is 0 Å². The highest BCUT2D eigenvalue weighted by Crippen LogP contribution is 2.27. The lowest BCUT2D eigenvalue weighted by Crippen LogP contribution is -2.34. The Morgan fingerprint density at radius 1 is 1.17 bits per heavy atom. The maximum atomic E-state index is 12.9. The normalized spacial score (nSPS) is 11.8. The maximum Gasteiger partial charge on any atom is 0.253 e. The van der Waals surface area contributed by atoms with Gasteiger partial charge in [0.25, 0.3) is 5.91 Å². The van der Waals surface area contributed by atoms with Crippen molar-refractivity contribution in [2.24, 2.45) is 5.92 Å². The van der Waals surface area contributed by atoms with Crippen LogP contribution in [0.5, 0.6) is 0 Å². The van der Waals surface area contributed by atoms with Gasteiger partial charge in [0, 0.05) is 17.3 Å². The van der Waals surface area contributed by atoms with Crippen LogP contribution in [-0.2, 0) is 11.3 Å². The van der Waals surface area contributed by atoms with E-state index in [4.69, 9.17) is 23.2 Å². The van der Waals surface area contributed by atoms with E-state index in [-0.39, 0.29) is 23.5 Å². The molecule has 3 rings (SSSR count). The molecule has 10 heteroatoms. The van der Waals surface area contributed by atoms with E-state index in [9.17, 15) is 9.59 Å². The van der Waals surface area contributed by atoms with Crippen LogP contribution in [0.15, 0.2) is 60.3 Å². The number of carbonyl (C=O) groups is 2. The van der Waals surface area contributed by atoms with Gasteiger partial charge in [-0.05, 0) is 48.7 Å². The Balaban J connectivity index is 1.76. The lowest BCUT2D eigenvalue weighted by atomic mass is 10.0. The van der Waals surface area contributed by atoms with Crippen molar-refractivity contribution in [1.82, 2.24) is 20.1 Å². The van der Waals surface area contributed by atoms with Gasteiger partial charge in [-0.15, -0.1) is 16.8 Å². The minimum Gasteiger partial charge on any atom is -0.342 e. The Kier molecular flexibility index (Phi) is 9.37. The van der Waals surface area contributed by atoms with E-state index in [1.54, 1.807) is 48.5 Å². The van der Waals surface area contributed by atoms with Crippen LogP contribution in [0.3, 0.4) is 0 Å². The van der Waals surface area contributed by atoms with Crippen LogP contribution < -0.4 is 10.6 Å². The molecular weight excluding hydrogens is 505 g/mol. The summed E-state index contributed by atoms with van der Waals surface area (Å²) < 4.78 is 1.86. The quantitative estimate of drug-likeness (QED) is 0.249. The predicted octanol–water partition coefficient (Wildman–Crippen LogP) is 5.94. The first-order valence-corrected chi connectivity index (χ1v) is 12.7. The molecule has 1 aromatic heterocycles. The monoisotopic (exact) mass is 531 g/mol. The Bertz CT molecular complexity index is 1230. The molecule has 0 saturated heterocycles. The van der Waals surface area contributed by atoms with E-state index in [0.717, 1.165) is 5.56 Å². The van der Waals surface area contributed by atoms with Gasteiger partial charge in [-0.2, -0.15) is 0 Å². The van der Waals surface area contributed by atoms with Gasteiger partial charge in [0.15, 0.2) is 11.0 Å². The first kappa shape index (κ1) is 26.8. The van der Waals surface area contributed by atoms with Crippen LogP contribution in [0.25, 0.3) is 0 Å². The molecule has 1 heterocycles. The zero-order valence-corrected chi connectivity index (χ0v) is 22.0. The summed E-state index contributed by atoms with van der Waals surface area (Å²) in [6.07, 6.45) is 1.72. The lowest BCUT2D eigenvalue weighted by Gasteiger charge is -2.23. The van der Waals surface area contributed by atoms with Gasteiger partial charge in [-0.25, -0.2) is 0 Å².